The molecule has 10 aromatic rings. The van der Waals surface area contributed by atoms with Gasteiger partial charge in [-0.2, -0.15) is 0 Å². The SMILES string of the molecule is CC1(C)c2ccccc2-c2c1ccc1c2ccc2ccc3cc(-c4nc5ccccc5nc4-c4ccc5c(c4)sc4ccccc45)ccc3c21. The van der Waals surface area contributed by atoms with Gasteiger partial charge in [-0.3, -0.25) is 0 Å². The van der Waals surface area contributed by atoms with Gasteiger partial charge in [-0.1, -0.05) is 129 Å². The predicted molar refractivity (Wildman–Crippen MR) is 213 cm³/mol. The van der Waals surface area contributed by atoms with Crippen molar-refractivity contribution >= 4 is 74.9 Å². The molecule has 1 aliphatic carbocycles. The van der Waals surface area contributed by atoms with Crippen molar-refractivity contribution in [1.82, 2.24) is 9.97 Å². The summed E-state index contributed by atoms with van der Waals surface area (Å²) in [5, 5.41) is 10.2. The zero-order chi connectivity index (χ0) is 33.1. The van der Waals surface area contributed by atoms with E-state index < -0.39 is 0 Å². The molecule has 234 valence electrons. The van der Waals surface area contributed by atoms with E-state index in [1.807, 2.05) is 23.5 Å². The van der Waals surface area contributed by atoms with Gasteiger partial charge in [-0.05, 0) is 84.9 Å². The average Bonchev–Trinajstić information content (AvgIpc) is 3.65. The van der Waals surface area contributed by atoms with Gasteiger partial charge in [0.1, 0.15) is 0 Å². The number of para-hydroxylation sites is 2. The van der Waals surface area contributed by atoms with Gasteiger partial charge in [0.2, 0.25) is 0 Å². The molecule has 2 nitrogen and oxygen atoms in total. The molecule has 0 radical (unpaired) electrons. The van der Waals surface area contributed by atoms with E-state index in [0.29, 0.717) is 0 Å². The zero-order valence-corrected chi connectivity index (χ0v) is 28.5. The second kappa shape index (κ2) is 10.1. The summed E-state index contributed by atoms with van der Waals surface area (Å²) in [7, 11) is 0. The van der Waals surface area contributed by atoms with Crippen molar-refractivity contribution in [1.29, 1.82) is 0 Å². The lowest BCUT2D eigenvalue weighted by Crippen LogP contribution is -2.14. The van der Waals surface area contributed by atoms with Crippen LogP contribution in [0.3, 0.4) is 0 Å². The fourth-order valence-electron chi connectivity index (χ4n) is 8.60. The lowest BCUT2D eigenvalue weighted by molar-refractivity contribution is 0.661. The Hall–Kier alpha value is -5.90. The molecule has 11 rings (SSSR count). The third-order valence-corrected chi connectivity index (χ3v) is 12.2. The Morgan fingerprint density at radius 2 is 1.08 bits per heavy atom. The summed E-state index contributed by atoms with van der Waals surface area (Å²) in [6, 6.07) is 53.3. The molecule has 3 heteroatoms. The largest absolute Gasteiger partial charge is 0.244 e. The molecule has 0 amide bonds. The summed E-state index contributed by atoms with van der Waals surface area (Å²) in [4.78, 5) is 10.5. The van der Waals surface area contributed by atoms with Gasteiger partial charge in [0.05, 0.1) is 22.4 Å². The minimum Gasteiger partial charge on any atom is -0.244 e. The Labute approximate surface area is 293 Å². The fraction of sp³-hybridized carbons (Fsp3) is 0.0638. The molecule has 0 saturated carbocycles. The maximum absolute atomic E-state index is 5.28. The molecule has 0 atom stereocenters. The third-order valence-electron chi connectivity index (χ3n) is 11.0. The van der Waals surface area contributed by atoms with Crippen molar-refractivity contribution in [3.8, 4) is 33.6 Å². The summed E-state index contributed by atoms with van der Waals surface area (Å²) in [5.41, 5.74) is 11.3. The van der Waals surface area contributed by atoms with E-state index in [2.05, 4.69) is 147 Å². The van der Waals surface area contributed by atoms with Crippen LogP contribution in [-0.2, 0) is 5.41 Å². The molecule has 0 aliphatic heterocycles. The molecule has 0 bridgehead atoms. The summed E-state index contributed by atoms with van der Waals surface area (Å²) >= 11 is 1.83. The van der Waals surface area contributed by atoms with E-state index in [1.54, 1.807) is 0 Å². The zero-order valence-electron chi connectivity index (χ0n) is 27.7. The minimum atomic E-state index is -0.0250. The summed E-state index contributed by atoms with van der Waals surface area (Å²) < 4.78 is 2.57. The van der Waals surface area contributed by atoms with Crippen molar-refractivity contribution in [2.45, 2.75) is 19.3 Å². The molecule has 0 saturated heterocycles. The smallest absolute Gasteiger partial charge is 0.0973 e. The van der Waals surface area contributed by atoms with Crippen molar-refractivity contribution in [3.63, 3.8) is 0 Å². The van der Waals surface area contributed by atoms with Crippen LogP contribution in [0.15, 0.2) is 146 Å². The predicted octanol–water partition coefficient (Wildman–Crippen LogP) is 13.1. The van der Waals surface area contributed by atoms with Crippen LogP contribution in [0, 0.1) is 0 Å². The van der Waals surface area contributed by atoms with Gasteiger partial charge in [0.25, 0.3) is 0 Å². The summed E-state index contributed by atoms with van der Waals surface area (Å²) in [6.07, 6.45) is 0. The van der Waals surface area contributed by atoms with Gasteiger partial charge < -0.3 is 0 Å². The molecular formula is C47H30N2S. The van der Waals surface area contributed by atoms with Gasteiger partial charge in [-0.25, -0.2) is 9.97 Å². The third kappa shape index (κ3) is 3.84. The quantitative estimate of drug-likeness (QED) is 0.173. The highest BCUT2D eigenvalue weighted by molar-refractivity contribution is 7.25. The molecule has 8 aromatic carbocycles. The molecule has 50 heavy (non-hydrogen) atoms. The fourth-order valence-corrected chi connectivity index (χ4v) is 9.74. The van der Waals surface area contributed by atoms with E-state index in [0.717, 1.165) is 33.5 Å². The number of rotatable bonds is 2. The first-order chi connectivity index (χ1) is 24.5. The normalized spacial score (nSPS) is 13.6. The average molecular weight is 655 g/mol. The molecule has 2 aromatic heterocycles. The number of nitrogens with zero attached hydrogens (tertiary/aromatic N) is 2. The highest BCUT2D eigenvalue weighted by Gasteiger charge is 2.36. The second-order valence-electron chi connectivity index (χ2n) is 14.1. The molecular weight excluding hydrogens is 625 g/mol. The van der Waals surface area contributed by atoms with Crippen molar-refractivity contribution in [2.75, 3.05) is 0 Å². The number of benzene rings is 8. The van der Waals surface area contributed by atoms with Gasteiger partial charge in [0.15, 0.2) is 0 Å². The number of thiophene rings is 1. The highest BCUT2D eigenvalue weighted by atomic mass is 32.1. The Morgan fingerprint density at radius 3 is 1.92 bits per heavy atom. The first-order valence-corrected chi connectivity index (χ1v) is 18.1. The minimum absolute atomic E-state index is 0.0250. The van der Waals surface area contributed by atoms with Gasteiger partial charge in [-0.15, -0.1) is 11.3 Å². The highest BCUT2D eigenvalue weighted by Crippen LogP contribution is 2.52. The molecule has 1 aliphatic rings. The maximum atomic E-state index is 5.28. The van der Waals surface area contributed by atoms with Crippen LogP contribution >= 0.6 is 11.3 Å². The van der Waals surface area contributed by atoms with Crippen molar-refractivity contribution < 1.29 is 0 Å². The van der Waals surface area contributed by atoms with Crippen LogP contribution in [-0.4, -0.2) is 9.97 Å². The van der Waals surface area contributed by atoms with Crippen LogP contribution in [0.25, 0.3) is 97.2 Å². The number of aromatic nitrogens is 2. The van der Waals surface area contributed by atoms with E-state index in [-0.39, 0.29) is 5.41 Å². The monoisotopic (exact) mass is 654 g/mol. The molecule has 0 spiro atoms. The van der Waals surface area contributed by atoms with Crippen LogP contribution in [0.5, 0.6) is 0 Å². The van der Waals surface area contributed by atoms with Crippen LogP contribution in [0.1, 0.15) is 25.0 Å². The summed E-state index contributed by atoms with van der Waals surface area (Å²) in [5.74, 6) is 0. The second-order valence-corrected chi connectivity index (χ2v) is 15.2. The van der Waals surface area contributed by atoms with E-state index >= 15 is 0 Å². The number of hydrogen-bond donors (Lipinski definition) is 0. The van der Waals surface area contributed by atoms with Crippen LogP contribution in [0.4, 0.5) is 0 Å². The Balaban J connectivity index is 1.13. The van der Waals surface area contributed by atoms with Gasteiger partial charge >= 0.3 is 0 Å². The van der Waals surface area contributed by atoms with Crippen LogP contribution < -0.4 is 0 Å². The van der Waals surface area contributed by atoms with Crippen molar-refractivity contribution in [2.24, 2.45) is 0 Å². The Kier molecular flexibility index (Phi) is 5.64. The topological polar surface area (TPSA) is 25.8 Å². The van der Waals surface area contributed by atoms with E-state index in [1.165, 1.54) is 74.7 Å². The van der Waals surface area contributed by atoms with Gasteiger partial charge in [0, 0.05) is 36.7 Å². The lowest BCUT2D eigenvalue weighted by atomic mass is 9.82. The first-order valence-electron chi connectivity index (χ1n) is 17.2. The standard InChI is InChI=1S/C47H30N2S/c1-47(2)37-11-5-3-10-36(37)44-35-22-17-27-15-16-28-25-29(18-20-31(28)43(27)34(35)23-24-38(44)47)45-46(49-40-13-7-6-12-39(40)48-45)30-19-21-33-32-9-4-8-14-41(32)50-42(33)26-30/h3-26H,1-2H3. The maximum Gasteiger partial charge on any atom is 0.0973 e. The Morgan fingerprint density at radius 1 is 0.460 bits per heavy atom. The van der Waals surface area contributed by atoms with Crippen molar-refractivity contribution in [3.05, 3.63) is 157 Å². The summed E-state index contributed by atoms with van der Waals surface area (Å²) in [6.45, 7) is 4.71. The number of hydrogen-bond acceptors (Lipinski definition) is 3. The molecule has 2 heterocycles. The Bertz CT molecular complexity index is 3080. The van der Waals surface area contributed by atoms with E-state index in [9.17, 15) is 0 Å². The van der Waals surface area contributed by atoms with Crippen LogP contribution in [0.2, 0.25) is 0 Å². The molecule has 0 N–H and O–H groups in total. The molecule has 0 fully saturated rings. The van der Waals surface area contributed by atoms with E-state index in [4.69, 9.17) is 9.97 Å². The lowest BCUT2D eigenvalue weighted by Gasteiger charge is -2.21. The first kappa shape index (κ1) is 28.0. The molecule has 0 unspecified atom stereocenters. The number of fused-ring (bicyclic) bond motifs is 13.